The number of rotatable bonds is 3. The summed E-state index contributed by atoms with van der Waals surface area (Å²) in [6.45, 7) is 0.347. The summed E-state index contributed by atoms with van der Waals surface area (Å²) in [5.74, 6) is -1.65. The average molecular weight is 535 g/mol. The van der Waals surface area contributed by atoms with E-state index in [1.807, 2.05) is 0 Å². The summed E-state index contributed by atoms with van der Waals surface area (Å²) in [6.07, 6.45) is 0.894. The SMILES string of the molecule is O=C(c1ccc(C(F)(F)F)cc1)N1CCC2(CC1)C(=NC1CCCCC1)NC(=O)N2c1cc(F)cc(F)c1. The van der Waals surface area contributed by atoms with Crippen LogP contribution in [0.5, 0.6) is 0 Å². The molecule has 11 heteroatoms. The van der Waals surface area contributed by atoms with E-state index < -0.39 is 40.9 Å². The first-order valence-electron chi connectivity index (χ1n) is 12.7. The van der Waals surface area contributed by atoms with E-state index in [1.165, 1.54) is 9.80 Å². The molecule has 1 N–H and O–H groups in total. The molecule has 1 aliphatic carbocycles. The lowest BCUT2D eigenvalue weighted by Crippen LogP contribution is -2.58. The zero-order chi connectivity index (χ0) is 27.1. The fraction of sp³-hybridized carbons (Fsp3) is 0.444. The second kappa shape index (κ2) is 9.99. The number of nitrogens with zero attached hydrogens (tertiary/aromatic N) is 3. The van der Waals surface area contributed by atoms with Gasteiger partial charge in [-0.05, 0) is 62.1 Å². The molecule has 0 atom stereocenters. The lowest BCUT2D eigenvalue weighted by atomic mass is 9.84. The van der Waals surface area contributed by atoms with Gasteiger partial charge in [0.15, 0.2) is 0 Å². The highest BCUT2D eigenvalue weighted by Gasteiger charge is 2.54. The summed E-state index contributed by atoms with van der Waals surface area (Å²) >= 11 is 0. The molecular weight excluding hydrogens is 507 g/mol. The van der Waals surface area contributed by atoms with E-state index in [9.17, 15) is 31.5 Å². The molecule has 2 aliphatic heterocycles. The number of nitrogens with one attached hydrogen (secondary N) is 1. The lowest BCUT2D eigenvalue weighted by Gasteiger charge is -2.43. The third-order valence-corrected chi connectivity index (χ3v) is 7.63. The molecule has 5 rings (SSSR count). The molecule has 2 heterocycles. The number of hydrogen-bond donors (Lipinski definition) is 1. The van der Waals surface area contributed by atoms with Crippen LogP contribution in [0.4, 0.5) is 32.4 Å². The molecule has 1 saturated carbocycles. The first-order chi connectivity index (χ1) is 18.1. The minimum absolute atomic E-state index is 0.0203. The van der Waals surface area contributed by atoms with Gasteiger partial charge in [-0.15, -0.1) is 0 Å². The van der Waals surface area contributed by atoms with Crippen molar-refractivity contribution in [3.8, 4) is 0 Å². The molecular formula is C27H27F5N4O2. The fourth-order valence-electron chi connectivity index (χ4n) is 5.68. The fourth-order valence-corrected chi connectivity index (χ4v) is 5.68. The summed E-state index contributed by atoms with van der Waals surface area (Å²) in [7, 11) is 0. The number of hydrogen-bond acceptors (Lipinski definition) is 3. The number of anilines is 1. The Balaban J connectivity index is 1.43. The highest BCUT2D eigenvalue weighted by atomic mass is 19.4. The second-order valence-corrected chi connectivity index (χ2v) is 10.1. The van der Waals surface area contributed by atoms with Crippen LogP contribution in [0.3, 0.4) is 0 Å². The summed E-state index contributed by atoms with van der Waals surface area (Å²) < 4.78 is 67.0. The zero-order valence-electron chi connectivity index (χ0n) is 20.5. The van der Waals surface area contributed by atoms with E-state index >= 15 is 0 Å². The van der Waals surface area contributed by atoms with Gasteiger partial charge in [-0.25, -0.2) is 13.6 Å². The van der Waals surface area contributed by atoms with Gasteiger partial charge in [0, 0.05) is 24.7 Å². The van der Waals surface area contributed by atoms with Crippen LogP contribution in [-0.2, 0) is 6.18 Å². The van der Waals surface area contributed by atoms with Gasteiger partial charge in [0.05, 0.1) is 17.3 Å². The topological polar surface area (TPSA) is 65.0 Å². The van der Waals surface area contributed by atoms with E-state index in [4.69, 9.17) is 4.99 Å². The molecule has 0 unspecified atom stereocenters. The molecule has 38 heavy (non-hydrogen) atoms. The number of aliphatic imine (C=N–C) groups is 1. The Bertz CT molecular complexity index is 1230. The minimum atomic E-state index is -4.50. The van der Waals surface area contributed by atoms with Crippen LogP contribution in [0.25, 0.3) is 0 Å². The van der Waals surface area contributed by atoms with Gasteiger partial charge >= 0.3 is 12.2 Å². The second-order valence-electron chi connectivity index (χ2n) is 10.1. The van der Waals surface area contributed by atoms with E-state index in [0.29, 0.717) is 5.84 Å². The van der Waals surface area contributed by atoms with E-state index in [2.05, 4.69) is 5.32 Å². The Morgan fingerprint density at radius 3 is 2.13 bits per heavy atom. The van der Waals surface area contributed by atoms with Gasteiger partial charge in [0.25, 0.3) is 5.91 Å². The van der Waals surface area contributed by atoms with Crippen molar-refractivity contribution in [3.05, 3.63) is 65.2 Å². The number of amides is 3. The van der Waals surface area contributed by atoms with Crippen LogP contribution in [0.2, 0.25) is 0 Å². The number of likely N-dealkylation sites (tertiary alicyclic amines) is 1. The first kappa shape index (κ1) is 26.1. The molecule has 6 nitrogen and oxygen atoms in total. The maximum atomic E-state index is 14.1. The third kappa shape index (κ3) is 4.98. The standard InChI is InChI=1S/C27H27F5N4O2/c28-19-14-20(29)16-22(15-19)36-25(38)34-24(33-21-4-2-1-3-5-21)26(36)10-12-35(13-11-26)23(37)17-6-8-18(9-7-17)27(30,31)32/h6-9,14-16,21H,1-5,10-13H2,(H,33,34,38). The first-order valence-corrected chi connectivity index (χ1v) is 12.7. The monoisotopic (exact) mass is 534 g/mol. The molecule has 3 amide bonds. The molecule has 0 aromatic heterocycles. The van der Waals surface area contributed by atoms with Gasteiger partial charge in [0.1, 0.15) is 23.0 Å². The number of urea groups is 1. The van der Waals surface area contributed by atoms with Crippen molar-refractivity contribution >= 4 is 23.5 Å². The zero-order valence-corrected chi connectivity index (χ0v) is 20.5. The van der Waals surface area contributed by atoms with Crippen molar-refractivity contribution in [1.82, 2.24) is 10.2 Å². The van der Waals surface area contributed by atoms with Gasteiger partial charge in [-0.3, -0.25) is 20.0 Å². The Kier molecular flexibility index (Phi) is 6.87. The molecule has 0 bridgehead atoms. The van der Waals surface area contributed by atoms with Crippen LogP contribution in [0, 0.1) is 11.6 Å². The van der Waals surface area contributed by atoms with E-state index in [1.54, 1.807) is 0 Å². The molecule has 2 aromatic rings. The average Bonchev–Trinajstić information content (AvgIpc) is 3.13. The Morgan fingerprint density at radius 1 is 0.947 bits per heavy atom. The quantitative estimate of drug-likeness (QED) is 0.497. The Hall–Kier alpha value is -3.50. The van der Waals surface area contributed by atoms with Crippen molar-refractivity contribution in [2.24, 2.45) is 4.99 Å². The lowest BCUT2D eigenvalue weighted by molar-refractivity contribution is -0.137. The highest BCUT2D eigenvalue weighted by molar-refractivity contribution is 6.19. The minimum Gasteiger partial charge on any atom is -0.338 e. The molecule has 3 fully saturated rings. The van der Waals surface area contributed by atoms with Crippen LogP contribution in [0.15, 0.2) is 47.5 Å². The van der Waals surface area contributed by atoms with Crippen molar-refractivity contribution in [2.75, 3.05) is 18.0 Å². The van der Waals surface area contributed by atoms with E-state index in [0.717, 1.165) is 74.6 Å². The molecule has 202 valence electrons. The number of halogens is 5. The molecule has 2 saturated heterocycles. The molecule has 3 aliphatic rings. The van der Waals surface area contributed by atoms with Crippen LogP contribution in [0.1, 0.15) is 60.9 Å². The van der Waals surface area contributed by atoms with Crippen LogP contribution in [-0.4, -0.2) is 47.3 Å². The highest BCUT2D eigenvalue weighted by Crippen LogP contribution is 2.39. The molecule has 0 radical (unpaired) electrons. The predicted molar refractivity (Wildman–Crippen MR) is 131 cm³/mol. The maximum Gasteiger partial charge on any atom is 0.416 e. The van der Waals surface area contributed by atoms with Gasteiger partial charge in [0.2, 0.25) is 0 Å². The number of alkyl halides is 3. The van der Waals surface area contributed by atoms with Crippen LogP contribution >= 0.6 is 0 Å². The number of carbonyl (C=O) groups is 2. The van der Waals surface area contributed by atoms with E-state index in [-0.39, 0.29) is 43.2 Å². The summed E-state index contributed by atoms with van der Waals surface area (Å²) in [5.41, 5.74) is -1.71. The number of carbonyl (C=O) groups excluding carboxylic acids is 2. The summed E-state index contributed by atoms with van der Waals surface area (Å²) in [6, 6.07) is 6.41. The van der Waals surface area contributed by atoms with Crippen molar-refractivity contribution < 1.29 is 31.5 Å². The third-order valence-electron chi connectivity index (χ3n) is 7.63. The van der Waals surface area contributed by atoms with Gasteiger partial charge in [-0.2, -0.15) is 13.2 Å². The maximum absolute atomic E-state index is 14.1. The molecule has 2 aromatic carbocycles. The van der Waals surface area contributed by atoms with Gasteiger partial charge < -0.3 is 4.90 Å². The normalized spacial score (nSPS) is 21.3. The number of amidine groups is 1. The van der Waals surface area contributed by atoms with Crippen molar-refractivity contribution in [2.45, 2.75) is 62.7 Å². The number of piperidine rings is 1. The number of benzene rings is 2. The van der Waals surface area contributed by atoms with Crippen LogP contribution < -0.4 is 10.2 Å². The largest absolute Gasteiger partial charge is 0.416 e. The van der Waals surface area contributed by atoms with Crippen molar-refractivity contribution in [1.29, 1.82) is 0 Å². The Morgan fingerprint density at radius 2 is 1.55 bits per heavy atom. The predicted octanol–water partition coefficient (Wildman–Crippen LogP) is 5.92. The Labute approximate surface area is 216 Å². The van der Waals surface area contributed by atoms with Gasteiger partial charge in [-0.1, -0.05) is 19.3 Å². The summed E-state index contributed by atoms with van der Waals surface area (Å²) in [5, 5.41) is 2.83. The van der Waals surface area contributed by atoms with Crippen molar-refractivity contribution in [3.63, 3.8) is 0 Å². The summed E-state index contributed by atoms with van der Waals surface area (Å²) in [4.78, 5) is 34.0. The smallest absolute Gasteiger partial charge is 0.338 e. The molecule has 1 spiro atoms.